The van der Waals surface area contributed by atoms with Crippen LogP contribution in [0.2, 0.25) is 0 Å². The highest BCUT2D eigenvalue weighted by Gasteiger charge is 2.28. The standard InChI is InChI=1S/C68H123O11P/c1-4-7-10-13-16-19-22-25-28-31-32-35-36-39-42-45-48-51-54-57-66(70)75-61-65(79-68(72)59-56-53-50-47-44-41-38-34-30-27-24-21-18-15-12-9-6-3)63-77-80(73,74)76-62-64(60-69)78-67(71)58-55-52-49-46-43-40-37-33-29-26-23-20-17-14-11-8-5-2/h17-18,20-21,25-30,64-65,69H,4-16,19,22-24,31-63H2,1-3H3,(H,73,74)/b20-17-,21-18-,28-25-,29-26-,30-27-. The fraction of sp³-hybridized carbons (Fsp3) is 0.809. The highest BCUT2D eigenvalue weighted by Crippen LogP contribution is 2.43. The summed E-state index contributed by atoms with van der Waals surface area (Å²) in [5.41, 5.74) is 0. The van der Waals surface area contributed by atoms with E-state index in [4.69, 9.17) is 23.3 Å². The van der Waals surface area contributed by atoms with Gasteiger partial charge in [0.1, 0.15) is 12.7 Å². The van der Waals surface area contributed by atoms with Crippen molar-refractivity contribution in [1.29, 1.82) is 0 Å². The monoisotopic (exact) mass is 1150 g/mol. The summed E-state index contributed by atoms with van der Waals surface area (Å²) < 4.78 is 39.7. The molecule has 0 aliphatic heterocycles. The molecule has 11 nitrogen and oxygen atoms in total. The number of aliphatic hydroxyl groups excluding tert-OH is 1. The second-order valence-corrected chi connectivity index (χ2v) is 23.7. The van der Waals surface area contributed by atoms with E-state index >= 15 is 0 Å². The van der Waals surface area contributed by atoms with Gasteiger partial charge in [-0.15, -0.1) is 0 Å². The van der Waals surface area contributed by atoms with Gasteiger partial charge in [0.25, 0.3) is 0 Å². The number of carbonyl (C=O) groups excluding carboxylic acids is 3. The molecule has 0 amide bonds. The lowest BCUT2D eigenvalue weighted by Crippen LogP contribution is -2.30. The molecule has 3 unspecified atom stereocenters. The molecule has 3 atom stereocenters. The maximum Gasteiger partial charge on any atom is 0.472 e. The largest absolute Gasteiger partial charge is 0.472 e. The summed E-state index contributed by atoms with van der Waals surface area (Å²) in [6, 6.07) is 0. The zero-order valence-corrected chi connectivity index (χ0v) is 52.7. The fourth-order valence-electron chi connectivity index (χ4n) is 9.30. The van der Waals surface area contributed by atoms with Crippen LogP contribution in [0.15, 0.2) is 60.8 Å². The number of hydrogen-bond acceptors (Lipinski definition) is 10. The maximum atomic E-state index is 13.0. The molecule has 0 aromatic rings. The number of ether oxygens (including phenoxy) is 3. The van der Waals surface area contributed by atoms with E-state index in [9.17, 15) is 28.9 Å². The van der Waals surface area contributed by atoms with Crippen molar-refractivity contribution in [3.8, 4) is 0 Å². The summed E-state index contributed by atoms with van der Waals surface area (Å²) in [7, 11) is -4.76. The van der Waals surface area contributed by atoms with Gasteiger partial charge in [0.05, 0.1) is 19.8 Å². The minimum absolute atomic E-state index is 0.158. The third-order valence-electron chi connectivity index (χ3n) is 14.4. The van der Waals surface area contributed by atoms with Crippen LogP contribution in [0.25, 0.3) is 0 Å². The normalized spacial score (nSPS) is 13.6. The lowest BCUT2D eigenvalue weighted by Gasteiger charge is -2.21. The Bertz CT molecular complexity index is 1570. The van der Waals surface area contributed by atoms with Crippen molar-refractivity contribution in [3.63, 3.8) is 0 Å². The van der Waals surface area contributed by atoms with Crippen molar-refractivity contribution < 1.29 is 52.2 Å². The van der Waals surface area contributed by atoms with Gasteiger partial charge in [-0.2, -0.15) is 0 Å². The summed E-state index contributed by atoms with van der Waals surface area (Å²) in [5.74, 6) is -1.47. The summed E-state index contributed by atoms with van der Waals surface area (Å²) in [5, 5.41) is 9.86. The molecule has 0 saturated heterocycles. The first-order chi connectivity index (χ1) is 39.2. The molecular weight excluding hydrogens is 1020 g/mol. The SMILES string of the molecule is CCCCC/C=C\C/C=C\CCCCCCCCCC(=O)OC(CO)COP(=O)(O)OCC(COC(=O)CCCCCCCCCCC/C=C\CCCCCCCC)OC(=O)CCCCCCCCC/C=C\C/C=C\CCCCC. The average molecular weight is 1150 g/mol. The lowest BCUT2D eigenvalue weighted by molar-refractivity contribution is -0.161. The molecule has 80 heavy (non-hydrogen) atoms. The molecule has 0 aromatic carbocycles. The van der Waals surface area contributed by atoms with E-state index in [2.05, 4.69) is 81.5 Å². The molecule has 0 heterocycles. The first-order valence-electron chi connectivity index (χ1n) is 33.2. The summed E-state index contributed by atoms with van der Waals surface area (Å²) >= 11 is 0. The minimum Gasteiger partial charge on any atom is -0.462 e. The number of unbranched alkanes of at least 4 members (excludes halogenated alkanes) is 35. The third kappa shape index (κ3) is 59.8. The Morgan fingerprint density at radius 2 is 0.613 bits per heavy atom. The topological polar surface area (TPSA) is 155 Å². The van der Waals surface area contributed by atoms with E-state index in [1.54, 1.807) is 0 Å². The second-order valence-electron chi connectivity index (χ2n) is 22.3. The average Bonchev–Trinajstić information content (AvgIpc) is 3.45. The van der Waals surface area contributed by atoms with Gasteiger partial charge in [0.15, 0.2) is 6.10 Å². The number of phosphoric ester groups is 1. The van der Waals surface area contributed by atoms with Gasteiger partial charge in [0, 0.05) is 19.3 Å². The number of allylic oxidation sites excluding steroid dienone is 10. The first-order valence-corrected chi connectivity index (χ1v) is 34.7. The molecule has 0 aliphatic carbocycles. The highest BCUT2D eigenvalue weighted by atomic mass is 31.2. The minimum atomic E-state index is -4.76. The molecule has 0 bridgehead atoms. The Hall–Kier alpha value is -2.82. The predicted octanol–water partition coefficient (Wildman–Crippen LogP) is 20.3. The van der Waals surface area contributed by atoms with E-state index in [0.29, 0.717) is 19.3 Å². The predicted molar refractivity (Wildman–Crippen MR) is 335 cm³/mol. The molecule has 0 fully saturated rings. The Morgan fingerprint density at radius 1 is 0.350 bits per heavy atom. The Kier molecular flexibility index (Phi) is 60.0. The Morgan fingerprint density at radius 3 is 0.963 bits per heavy atom. The summed E-state index contributed by atoms with van der Waals surface area (Å²) in [6.45, 7) is 4.63. The number of rotatable bonds is 62. The van der Waals surface area contributed by atoms with E-state index in [1.165, 1.54) is 161 Å². The van der Waals surface area contributed by atoms with Crippen molar-refractivity contribution in [2.45, 2.75) is 328 Å². The van der Waals surface area contributed by atoms with Gasteiger partial charge < -0.3 is 24.2 Å². The zero-order valence-electron chi connectivity index (χ0n) is 51.8. The van der Waals surface area contributed by atoms with Crippen molar-refractivity contribution >= 4 is 25.7 Å². The fourth-order valence-corrected chi connectivity index (χ4v) is 10.1. The molecule has 0 radical (unpaired) electrons. The van der Waals surface area contributed by atoms with E-state index in [0.717, 1.165) is 96.3 Å². The molecule has 12 heteroatoms. The number of hydrogen-bond donors (Lipinski definition) is 2. The molecule has 466 valence electrons. The van der Waals surface area contributed by atoms with Crippen LogP contribution in [0.5, 0.6) is 0 Å². The first kappa shape index (κ1) is 77.2. The molecule has 0 saturated carbocycles. The van der Waals surface area contributed by atoms with Gasteiger partial charge in [-0.25, -0.2) is 4.57 Å². The molecule has 0 aliphatic rings. The van der Waals surface area contributed by atoms with E-state index in [1.807, 2.05) is 0 Å². The molecule has 0 aromatic heterocycles. The van der Waals surface area contributed by atoms with Gasteiger partial charge in [-0.05, 0) is 109 Å². The highest BCUT2D eigenvalue weighted by molar-refractivity contribution is 7.47. The molecule has 0 spiro atoms. The second kappa shape index (κ2) is 62.2. The smallest absolute Gasteiger partial charge is 0.462 e. The Balaban J connectivity index is 4.69. The van der Waals surface area contributed by atoms with Gasteiger partial charge >= 0.3 is 25.7 Å². The van der Waals surface area contributed by atoms with E-state index < -0.39 is 57.8 Å². The maximum absolute atomic E-state index is 13.0. The zero-order chi connectivity index (χ0) is 58.3. The van der Waals surface area contributed by atoms with Crippen LogP contribution in [0, 0.1) is 0 Å². The van der Waals surface area contributed by atoms with Gasteiger partial charge in [-0.1, -0.05) is 248 Å². The van der Waals surface area contributed by atoms with Gasteiger partial charge in [-0.3, -0.25) is 23.4 Å². The van der Waals surface area contributed by atoms with Crippen molar-refractivity contribution in [1.82, 2.24) is 0 Å². The lowest BCUT2D eigenvalue weighted by atomic mass is 10.1. The summed E-state index contributed by atoms with van der Waals surface area (Å²) in [4.78, 5) is 48.8. The van der Waals surface area contributed by atoms with Crippen LogP contribution < -0.4 is 0 Å². The quantitative estimate of drug-likeness (QED) is 0.0197. The van der Waals surface area contributed by atoms with Crippen LogP contribution >= 0.6 is 7.82 Å². The number of phosphoric acid groups is 1. The molecule has 0 rings (SSSR count). The molecular formula is C68H123O11P. The van der Waals surface area contributed by atoms with Crippen LogP contribution in [0.3, 0.4) is 0 Å². The van der Waals surface area contributed by atoms with Crippen LogP contribution in [-0.4, -0.2) is 66.5 Å². The van der Waals surface area contributed by atoms with Crippen LogP contribution in [0.4, 0.5) is 0 Å². The van der Waals surface area contributed by atoms with E-state index in [-0.39, 0.29) is 25.9 Å². The number of carbonyl (C=O) groups is 3. The third-order valence-corrected chi connectivity index (χ3v) is 15.3. The summed E-state index contributed by atoms with van der Waals surface area (Å²) in [6.07, 6.45) is 70.2. The number of esters is 3. The van der Waals surface area contributed by atoms with Crippen molar-refractivity contribution in [2.24, 2.45) is 0 Å². The number of aliphatic hydroxyl groups is 1. The van der Waals surface area contributed by atoms with Crippen molar-refractivity contribution in [3.05, 3.63) is 60.8 Å². The van der Waals surface area contributed by atoms with Crippen LogP contribution in [-0.2, 0) is 42.2 Å². The molecule has 2 N–H and O–H groups in total. The Labute approximate surface area is 491 Å². The van der Waals surface area contributed by atoms with Crippen molar-refractivity contribution in [2.75, 3.05) is 26.4 Å². The van der Waals surface area contributed by atoms with Gasteiger partial charge in [0.2, 0.25) is 0 Å². The van der Waals surface area contributed by atoms with Crippen LogP contribution in [0.1, 0.15) is 316 Å².